The van der Waals surface area contributed by atoms with Crippen molar-refractivity contribution in [3.8, 4) is 11.5 Å². The maximum atomic E-state index is 12.5. The molecule has 2 rings (SSSR count). The Hall–Kier alpha value is -2.49. The summed E-state index contributed by atoms with van der Waals surface area (Å²) >= 11 is 0. The number of hydrogen-bond acceptors (Lipinski definition) is 3. The van der Waals surface area contributed by atoms with Crippen molar-refractivity contribution in [2.24, 2.45) is 0 Å². The summed E-state index contributed by atoms with van der Waals surface area (Å²) < 4.78 is 10.9. The molecule has 0 aliphatic carbocycles. The van der Waals surface area contributed by atoms with Crippen molar-refractivity contribution < 1.29 is 14.3 Å². The molecule has 0 aliphatic rings. The number of benzene rings is 2. The maximum Gasteiger partial charge on any atom is 0.261 e. The molecule has 25 heavy (non-hydrogen) atoms. The van der Waals surface area contributed by atoms with Crippen LogP contribution in [-0.4, -0.2) is 19.1 Å². The van der Waals surface area contributed by atoms with Gasteiger partial charge in [-0.2, -0.15) is 0 Å². The van der Waals surface area contributed by atoms with E-state index in [1.165, 1.54) is 16.7 Å². The lowest BCUT2D eigenvalue weighted by molar-refractivity contribution is -0.127. The van der Waals surface area contributed by atoms with E-state index in [1.54, 1.807) is 20.1 Å². The number of methoxy groups -OCH3 is 1. The van der Waals surface area contributed by atoms with E-state index in [0.717, 1.165) is 5.56 Å². The molecule has 4 heteroatoms. The lowest BCUT2D eigenvalue weighted by Crippen LogP contribution is -2.38. The summed E-state index contributed by atoms with van der Waals surface area (Å²) in [6, 6.07) is 11.5. The highest BCUT2D eigenvalue weighted by Gasteiger charge is 2.19. The third-order valence-electron chi connectivity index (χ3n) is 4.43. The molecule has 1 amide bonds. The molecule has 4 nitrogen and oxygen atoms in total. The molecule has 0 aromatic heterocycles. The van der Waals surface area contributed by atoms with Crippen LogP contribution in [0.1, 0.15) is 42.1 Å². The molecule has 0 fully saturated rings. The van der Waals surface area contributed by atoms with Crippen molar-refractivity contribution in [3.63, 3.8) is 0 Å². The zero-order chi connectivity index (χ0) is 18.6. The van der Waals surface area contributed by atoms with E-state index in [9.17, 15) is 4.79 Å². The highest BCUT2D eigenvalue weighted by molar-refractivity contribution is 5.81. The van der Waals surface area contributed by atoms with Gasteiger partial charge in [-0.25, -0.2) is 0 Å². The summed E-state index contributed by atoms with van der Waals surface area (Å²) in [4.78, 5) is 12.5. The minimum atomic E-state index is -0.596. The van der Waals surface area contributed by atoms with Gasteiger partial charge in [0.25, 0.3) is 5.91 Å². The number of aryl methyl sites for hydroxylation is 3. The first kappa shape index (κ1) is 18.8. The monoisotopic (exact) mass is 341 g/mol. The fourth-order valence-corrected chi connectivity index (χ4v) is 2.79. The first-order valence-corrected chi connectivity index (χ1v) is 8.50. The lowest BCUT2D eigenvalue weighted by Gasteiger charge is -2.21. The Balaban J connectivity index is 2.04. The highest BCUT2D eigenvalue weighted by atomic mass is 16.5. The first-order chi connectivity index (χ1) is 11.8. The van der Waals surface area contributed by atoms with Gasteiger partial charge in [0.05, 0.1) is 13.2 Å². The van der Waals surface area contributed by atoms with Crippen LogP contribution < -0.4 is 14.8 Å². The normalized spacial score (nSPS) is 13.0. The summed E-state index contributed by atoms with van der Waals surface area (Å²) in [5, 5.41) is 3.04. The van der Waals surface area contributed by atoms with E-state index in [-0.39, 0.29) is 11.9 Å². The Morgan fingerprint density at radius 3 is 2.28 bits per heavy atom. The summed E-state index contributed by atoms with van der Waals surface area (Å²) in [6.07, 6.45) is -0.596. The number of nitrogens with one attached hydrogen (secondary N) is 1. The second-order valence-corrected chi connectivity index (χ2v) is 6.46. The predicted molar refractivity (Wildman–Crippen MR) is 100 cm³/mol. The van der Waals surface area contributed by atoms with Crippen LogP contribution in [-0.2, 0) is 4.79 Å². The standard InChI is InChI=1S/C21H27NO3/c1-13-10-15(3)20(11-14(13)2)16(4)22-21(23)17(5)25-19-9-7-8-18(12-19)24-6/h7-12,16-17H,1-6H3,(H,22,23)/t16-,17-/m0/s1. The van der Waals surface area contributed by atoms with Crippen LogP contribution in [0.4, 0.5) is 0 Å². The molecule has 2 aromatic rings. The highest BCUT2D eigenvalue weighted by Crippen LogP contribution is 2.23. The van der Waals surface area contributed by atoms with Gasteiger partial charge < -0.3 is 14.8 Å². The molecule has 0 spiro atoms. The molecule has 134 valence electrons. The average molecular weight is 341 g/mol. The summed E-state index contributed by atoms with van der Waals surface area (Å²) in [7, 11) is 1.60. The summed E-state index contributed by atoms with van der Waals surface area (Å²) in [6.45, 7) is 9.99. The average Bonchev–Trinajstić information content (AvgIpc) is 2.58. The van der Waals surface area contributed by atoms with Crippen molar-refractivity contribution in [1.29, 1.82) is 0 Å². The van der Waals surface area contributed by atoms with E-state index < -0.39 is 6.10 Å². The third-order valence-corrected chi connectivity index (χ3v) is 4.43. The van der Waals surface area contributed by atoms with Crippen LogP contribution in [0, 0.1) is 20.8 Å². The molecule has 0 radical (unpaired) electrons. The topological polar surface area (TPSA) is 47.6 Å². The molecule has 0 bridgehead atoms. The van der Waals surface area contributed by atoms with Gasteiger partial charge >= 0.3 is 0 Å². The smallest absolute Gasteiger partial charge is 0.261 e. The van der Waals surface area contributed by atoms with E-state index in [1.807, 2.05) is 25.1 Å². The molecule has 2 atom stereocenters. The Morgan fingerprint density at radius 2 is 1.60 bits per heavy atom. The SMILES string of the molecule is COc1cccc(O[C@@H](C)C(=O)N[C@@H](C)c2cc(C)c(C)cc2C)c1. The zero-order valence-corrected chi connectivity index (χ0v) is 15.8. The quantitative estimate of drug-likeness (QED) is 0.854. The fourth-order valence-electron chi connectivity index (χ4n) is 2.79. The zero-order valence-electron chi connectivity index (χ0n) is 15.8. The molecule has 0 saturated carbocycles. The van der Waals surface area contributed by atoms with Gasteiger partial charge in [0, 0.05) is 6.07 Å². The third kappa shape index (κ3) is 4.75. The number of carbonyl (C=O) groups is 1. The molecule has 2 aromatic carbocycles. The van der Waals surface area contributed by atoms with E-state index >= 15 is 0 Å². The number of rotatable bonds is 6. The van der Waals surface area contributed by atoms with E-state index in [0.29, 0.717) is 11.5 Å². The van der Waals surface area contributed by atoms with Gasteiger partial charge in [-0.1, -0.05) is 18.2 Å². The van der Waals surface area contributed by atoms with Crippen molar-refractivity contribution in [1.82, 2.24) is 5.32 Å². The van der Waals surface area contributed by atoms with Crippen LogP contribution in [0.2, 0.25) is 0 Å². The van der Waals surface area contributed by atoms with Crippen molar-refractivity contribution in [2.45, 2.75) is 46.8 Å². The van der Waals surface area contributed by atoms with Gasteiger partial charge in [-0.05, 0) is 69.0 Å². The Morgan fingerprint density at radius 1 is 0.960 bits per heavy atom. The second-order valence-electron chi connectivity index (χ2n) is 6.46. The second kappa shape index (κ2) is 8.06. The van der Waals surface area contributed by atoms with Crippen molar-refractivity contribution >= 4 is 5.91 Å². The number of amides is 1. The number of hydrogen-bond donors (Lipinski definition) is 1. The lowest BCUT2D eigenvalue weighted by atomic mass is 9.96. The molecular formula is C21H27NO3. The number of carbonyl (C=O) groups excluding carboxylic acids is 1. The summed E-state index contributed by atoms with van der Waals surface area (Å²) in [5.41, 5.74) is 4.79. The number of ether oxygens (including phenoxy) is 2. The maximum absolute atomic E-state index is 12.5. The van der Waals surface area contributed by atoms with Gasteiger partial charge in [0.15, 0.2) is 6.10 Å². The van der Waals surface area contributed by atoms with Gasteiger partial charge in [0.2, 0.25) is 0 Å². The van der Waals surface area contributed by atoms with E-state index in [4.69, 9.17) is 9.47 Å². The molecule has 0 saturated heterocycles. The molecule has 0 aliphatic heterocycles. The van der Waals surface area contributed by atoms with Crippen molar-refractivity contribution in [2.75, 3.05) is 7.11 Å². The van der Waals surface area contributed by atoms with Crippen LogP contribution >= 0.6 is 0 Å². The minimum Gasteiger partial charge on any atom is -0.497 e. The Bertz CT molecular complexity index is 755. The fraction of sp³-hybridized carbons (Fsp3) is 0.381. The Labute approximate surface area is 150 Å². The van der Waals surface area contributed by atoms with Gasteiger partial charge in [-0.15, -0.1) is 0 Å². The molecule has 1 N–H and O–H groups in total. The van der Waals surface area contributed by atoms with Crippen LogP contribution in [0.5, 0.6) is 11.5 Å². The van der Waals surface area contributed by atoms with Crippen molar-refractivity contribution in [3.05, 3.63) is 58.7 Å². The molecular weight excluding hydrogens is 314 g/mol. The van der Waals surface area contributed by atoms with Crippen LogP contribution in [0.3, 0.4) is 0 Å². The first-order valence-electron chi connectivity index (χ1n) is 8.50. The molecule has 0 unspecified atom stereocenters. The predicted octanol–water partition coefficient (Wildman–Crippen LogP) is 4.27. The van der Waals surface area contributed by atoms with Crippen LogP contribution in [0.15, 0.2) is 36.4 Å². The van der Waals surface area contributed by atoms with Gasteiger partial charge in [0.1, 0.15) is 11.5 Å². The molecule has 0 heterocycles. The van der Waals surface area contributed by atoms with E-state index in [2.05, 4.69) is 38.2 Å². The Kier molecular flexibility index (Phi) is 6.07. The van der Waals surface area contributed by atoms with Crippen LogP contribution in [0.25, 0.3) is 0 Å². The van der Waals surface area contributed by atoms with Gasteiger partial charge in [-0.3, -0.25) is 4.79 Å². The minimum absolute atomic E-state index is 0.0804. The summed E-state index contributed by atoms with van der Waals surface area (Å²) in [5.74, 6) is 1.16. The largest absolute Gasteiger partial charge is 0.497 e.